The molecule has 1 unspecified atom stereocenters. The normalized spacial score (nSPS) is 11.5. The molecule has 136 valence electrons. The minimum absolute atomic E-state index is 0.0121. The Kier molecular flexibility index (Phi) is 5.89. The summed E-state index contributed by atoms with van der Waals surface area (Å²) in [6, 6.07) is 7.18. The second-order valence-electron chi connectivity index (χ2n) is 5.42. The van der Waals surface area contributed by atoms with Crippen molar-refractivity contribution in [3.63, 3.8) is 0 Å². The summed E-state index contributed by atoms with van der Waals surface area (Å²) >= 11 is 5.89. The molecule has 2 aromatic rings. The van der Waals surface area contributed by atoms with E-state index in [4.69, 9.17) is 16.3 Å². The number of nitrogens with one attached hydrogen (secondary N) is 1. The SMILES string of the molecule is Cc1ccc(F)cc1C(=O)OC(C)C(=O)Nc1ccc([N+](=O)[O-])cc1Cl. The Bertz CT molecular complexity index is 887. The first kappa shape index (κ1) is 19.3. The highest BCUT2D eigenvalue weighted by Gasteiger charge is 2.21. The van der Waals surface area contributed by atoms with Gasteiger partial charge in [-0.05, 0) is 37.6 Å². The number of anilines is 1. The van der Waals surface area contributed by atoms with Crippen molar-refractivity contribution in [2.75, 3.05) is 5.32 Å². The van der Waals surface area contributed by atoms with Crippen molar-refractivity contribution in [3.8, 4) is 0 Å². The van der Waals surface area contributed by atoms with Crippen LogP contribution in [-0.2, 0) is 9.53 Å². The van der Waals surface area contributed by atoms with Crippen molar-refractivity contribution in [2.24, 2.45) is 0 Å². The fraction of sp³-hybridized carbons (Fsp3) is 0.176. The minimum atomic E-state index is -1.20. The number of non-ortho nitro benzene ring substituents is 1. The van der Waals surface area contributed by atoms with Crippen LogP contribution in [0.5, 0.6) is 0 Å². The molecule has 0 spiro atoms. The predicted molar refractivity (Wildman–Crippen MR) is 92.8 cm³/mol. The van der Waals surface area contributed by atoms with Crippen LogP contribution in [0.2, 0.25) is 5.02 Å². The summed E-state index contributed by atoms with van der Waals surface area (Å²) in [4.78, 5) is 34.3. The Hall–Kier alpha value is -3.00. The molecule has 2 rings (SSSR count). The van der Waals surface area contributed by atoms with E-state index in [0.717, 1.165) is 12.1 Å². The zero-order chi connectivity index (χ0) is 19.4. The first-order valence-electron chi connectivity index (χ1n) is 7.41. The second kappa shape index (κ2) is 7.92. The van der Waals surface area contributed by atoms with Gasteiger partial charge in [0.15, 0.2) is 6.10 Å². The first-order chi connectivity index (χ1) is 12.2. The molecule has 1 N–H and O–H groups in total. The van der Waals surface area contributed by atoms with E-state index in [9.17, 15) is 24.1 Å². The van der Waals surface area contributed by atoms with Gasteiger partial charge in [-0.25, -0.2) is 9.18 Å². The van der Waals surface area contributed by atoms with Gasteiger partial charge < -0.3 is 10.1 Å². The van der Waals surface area contributed by atoms with E-state index in [1.807, 2.05) is 0 Å². The van der Waals surface area contributed by atoms with Crippen LogP contribution in [0.1, 0.15) is 22.8 Å². The maximum absolute atomic E-state index is 13.3. The maximum Gasteiger partial charge on any atom is 0.339 e. The lowest BCUT2D eigenvalue weighted by atomic mass is 10.1. The highest BCUT2D eigenvalue weighted by Crippen LogP contribution is 2.26. The lowest BCUT2D eigenvalue weighted by Crippen LogP contribution is -2.30. The number of nitro groups is 1. The topological polar surface area (TPSA) is 98.5 Å². The van der Waals surface area contributed by atoms with Gasteiger partial charge in [-0.3, -0.25) is 14.9 Å². The number of aryl methyl sites for hydroxylation is 1. The molecule has 0 saturated carbocycles. The fourth-order valence-electron chi connectivity index (χ4n) is 2.05. The van der Waals surface area contributed by atoms with E-state index >= 15 is 0 Å². The first-order valence-corrected chi connectivity index (χ1v) is 7.78. The fourth-order valence-corrected chi connectivity index (χ4v) is 2.27. The standard InChI is InChI=1S/C17H14ClFN2O5/c1-9-3-4-11(19)7-13(9)17(23)26-10(2)16(22)20-15-6-5-12(21(24)25)8-14(15)18/h3-8,10H,1-2H3,(H,20,22). The van der Waals surface area contributed by atoms with Gasteiger partial charge in [0.05, 0.1) is 21.2 Å². The summed E-state index contributed by atoms with van der Waals surface area (Å²) in [5, 5.41) is 13.1. The van der Waals surface area contributed by atoms with Crippen molar-refractivity contribution in [1.29, 1.82) is 0 Å². The quantitative estimate of drug-likeness (QED) is 0.482. The molecule has 0 aliphatic rings. The molecule has 1 atom stereocenters. The molecule has 0 fully saturated rings. The van der Waals surface area contributed by atoms with Crippen molar-refractivity contribution in [1.82, 2.24) is 0 Å². The Morgan fingerprint density at radius 2 is 1.96 bits per heavy atom. The van der Waals surface area contributed by atoms with Crippen molar-refractivity contribution in [3.05, 3.63) is 68.5 Å². The van der Waals surface area contributed by atoms with Crippen LogP contribution in [0.3, 0.4) is 0 Å². The third-order valence-corrected chi connectivity index (χ3v) is 3.81. The van der Waals surface area contributed by atoms with Gasteiger partial charge in [-0.1, -0.05) is 17.7 Å². The molecule has 0 aliphatic heterocycles. The summed E-state index contributed by atoms with van der Waals surface area (Å²) in [5.74, 6) is -2.14. The van der Waals surface area contributed by atoms with Crippen molar-refractivity contribution >= 4 is 34.9 Å². The average molecular weight is 381 g/mol. The van der Waals surface area contributed by atoms with Crippen LogP contribution in [0.4, 0.5) is 15.8 Å². The van der Waals surface area contributed by atoms with Crippen LogP contribution in [0.25, 0.3) is 0 Å². The second-order valence-corrected chi connectivity index (χ2v) is 5.82. The lowest BCUT2D eigenvalue weighted by Gasteiger charge is -2.15. The van der Waals surface area contributed by atoms with Gasteiger partial charge in [0, 0.05) is 12.1 Å². The molecule has 9 heteroatoms. The van der Waals surface area contributed by atoms with E-state index in [1.165, 1.54) is 31.2 Å². The van der Waals surface area contributed by atoms with Crippen LogP contribution >= 0.6 is 11.6 Å². The summed E-state index contributed by atoms with van der Waals surface area (Å²) in [6.07, 6.45) is -1.20. The van der Waals surface area contributed by atoms with Gasteiger partial charge >= 0.3 is 5.97 Å². The number of halogens is 2. The Morgan fingerprint density at radius 1 is 1.27 bits per heavy atom. The molecular formula is C17H14ClFN2O5. The molecule has 0 bridgehead atoms. The molecule has 7 nitrogen and oxygen atoms in total. The number of rotatable bonds is 5. The number of hydrogen-bond acceptors (Lipinski definition) is 5. The average Bonchev–Trinajstić information content (AvgIpc) is 2.58. The number of esters is 1. The van der Waals surface area contributed by atoms with E-state index < -0.39 is 28.7 Å². The largest absolute Gasteiger partial charge is 0.449 e. The number of amides is 1. The zero-order valence-corrected chi connectivity index (χ0v) is 14.5. The summed E-state index contributed by atoms with van der Waals surface area (Å²) < 4.78 is 18.3. The zero-order valence-electron chi connectivity index (χ0n) is 13.8. The summed E-state index contributed by atoms with van der Waals surface area (Å²) in [5.41, 5.74) is 0.418. The number of nitrogens with zero attached hydrogens (tertiary/aromatic N) is 1. The number of ether oxygens (including phenoxy) is 1. The maximum atomic E-state index is 13.3. The molecular weight excluding hydrogens is 367 g/mol. The molecule has 0 aliphatic carbocycles. The Balaban J connectivity index is 2.07. The smallest absolute Gasteiger partial charge is 0.339 e. The Morgan fingerprint density at radius 3 is 2.58 bits per heavy atom. The third-order valence-electron chi connectivity index (χ3n) is 3.49. The van der Waals surface area contributed by atoms with Crippen molar-refractivity contribution in [2.45, 2.75) is 20.0 Å². The molecule has 1 amide bonds. The number of hydrogen-bond donors (Lipinski definition) is 1. The Labute approximate surface area is 152 Å². The van der Waals surface area contributed by atoms with E-state index in [1.54, 1.807) is 6.92 Å². The molecule has 0 radical (unpaired) electrons. The number of carbonyl (C=O) groups excluding carboxylic acids is 2. The summed E-state index contributed by atoms with van der Waals surface area (Å²) in [7, 11) is 0. The third kappa shape index (κ3) is 4.54. The van der Waals surface area contributed by atoms with E-state index in [0.29, 0.717) is 5.56 Å². The van der Waals surface area contributed by atoms with Crippen LogP contribution in [0, 0.1) is 22.9 Å². The van der Waals surface area contributed by atoms with Crippen molar-refractivity contribution < 1.29 is 23.6 Å². The lowest BCUT2D eigenvalue weighted by molar-refractivity contribution is -0.384. The van der Waals surface area contributed by atoms with Gasteiger partial charge in [0.25, 0.3) is 11.6 Å². The van der Waals surface area contributed by atoms with Crippen LogP contribution < -0.4 is 5.32 Å². The molecule has 0 heterocycles. The molecule has 2 aromatic carbocycles. The minimum Gasteiger partial charge on any atom is -0.449 e. The number of benzene rings is 2. The number of carbonyl (C=O) groups is 2. The van der Waals surface area contributed by atoms with E-state index in [-0.39, 0.29) is 22.0 Å². The predicted octanol–water partition coefficient (Wildman–Crippen LogP) is 3.88. The van der Waals surface area contributed by atoms with Gasteiger partial charge in [-0.15, -0.1) is 0 Å². The molecule has 26 heavy (non-hydrogen) atoms. The summed E-state index contributed by atoms with van der Waals surface area (Å²) in [6.45, 7) is 2.94. The highest BCUT2D eigenvalue weighted by molar-refractivity contribution is 6.34. The van der Waals surface area contributed by atoms with Crippen LogP contribution in [0.15, 0.2) is 36.4 Å². The molecule has 0 aromatic heterocycles. The van der Waals surface area contributed by atoms with E-state index in [2.05, 4.69) is 5.32 Å². The highest BCUT2D eigenvalue weighted by atomic mass is 35.5. The van der Waals surface area contributed by atoms with Crippen LogP contribution in [-0.4, -0.2) is 22.9 Å². The van der Waals surface area contributed by atoms with Gasteiger partial charge in [-0.2, -0.15) is 0 Å². The van der Waals surface area contributed by atoms with Gasteiger partial charge in [0.1, 0.15) is 5.82 Å². The monoisotopic (exact) mass is 380 g/mol. The molecule has 0 saturated heterocycles. The van der Waals surface area contributed by atoms with Gasteiger partial charge in [0.2, 0.25) is 0 Å². The number of nitro benzene ring substituents is 1.